The van der Waals surface area contributed by atoms with Gasteiger partial charge >= 0.3 is 0 Å². The Morgan fingerprint density at radius 1 is 1.64 bits per heavy atom. The van der Waals surface area contributed by atoms with Crippen molar-refractivity contribution < 1.29 is 0 Å². The number of thiazole rings is 1. The molecule has 0 aliphatic heterocycles. The molecule has 14 heavy (non-hydrogen) atoms. The van der Waals surface area contributed by atoms with Gasteiger partial charge in [0.1, 0.15) is 5.82 Å². The van der Waals surface area contributed by atoms with Crippen molar-refractivity contribution in [2.75, 3.05) is 17.6 Å². The second-order valence-electron chi connectivity index (χ2n) is 2.00. The lowest BCUT2D eigenvalue weighted by atomic mass is 10.7. The summed E-state index contributed by atoms with van der Waals surface area (Å²) in [5.74, 6) is 0.527. The highest BCUT2D eigenvalue weighted by Crippen LogP contribution is 2.14. The molecule has 0 aromatic carbocycles. The number of nitrogen functional groups attached to an aromatic ring is 1. The van der Waals surface area contributed by atoms with Crippen LogP contribution in [0.2, 0.25) is 0 Å². The molecule has 1 aromatic rings. The maximum absolute atomic E-state index is 5.41. The first-order valence-electron chi connectivity index (χ1n) is 3.39. The lowest BCUT2D eigenvalue weighted by molar-refractivity contribution is 1.26. The van der Waals surface area contributed by atoms with Crippen LogP contribution in [0.1, 0.15) is 0 Å². The van der Waals surface area contributed by atoms with Gasteiger partial charge in [-0.25, -0.2) is 4.98 Å². The van der Waals surface area contributed by atoms with Gasteiger partial charge in [0, 0.05) is 5.38 Å². The van der Waals surface area contributed by atoms with Crippen molar-refractivity contribution >= 4 is 53.4 Å². The quantitative estimate of drug-likeness (QED) is 0.492. The summed E-state index contributed by atoms with van der Waals surface area (Å²) in [6, 6.07) is 0. The van der Waals surface area contributed by atoms with Gasteiger partial charge < -0.3 is 11.1 Å². The highest BCUT2D eigenvalue weighted by molar-refractivity contribution is 7.14. The minimum atomic E-state index is 0. The van der Waals surface area contributed by atoms with Crippen LogP contribution in [0.5, 0.6) is 0 Å². The molecule has 7 heteroatoms. The standard InChI is InChI=1S/C7H10N4S.2ClH/c1-2-3-9-5-10-7-11-6(8)4-12-7;;/h2,4-5H,1,3,8H2,(H,9,10,11);2*1H. The highest BCUT2D eigenvalue weighted by Gasteiger charge is 1.93. The molecule has 0 aliphatic rings. The van der Waals surface area contributed by atoms with Crippen LogP contribution < -0.4 is 11.1 Å². The summed E-state index contributed by atoms with van der Waals surface area (Å²) in [5, 5.41) is 5.41. The van der Waals surface area contributed by atoms with Crippen molar-refractivity contribution in [3.8, 4) is 0 Å². The molecule has 3 N–H and O–H groups in total. The first-order chi connectivity index (χ1) is 5.83. The van der Waals surface area contributed by atoms with Gasteiger partial charge in [-0.2, -0.15) is 0 Å². The average molecular weight is 255 g/mol. The predicted octanol–water partition coefficient (Wildman–Crippen LogP) is 2.20. The molecule has 1 heterocycles. The highest BCUT2D eigenvalue weighted by atomic mass is 35.5. The number of rotatable bonds is 4. The molecule has 4 nitrogen and oxygen atoms in total. The minimum absolute atomic E-state index is 0. The number of nitrogens with one attached hydrogen (secondary N) is 1. The van der Waals surface area contributed by atoms with Crippen molar-refractivity contribution in [3.63, 3.8) is 0 Å². The first-order valence-corrected chi connectivity index (χ1v) is 4.27. The van der Waals surface area contributed by atoms with E-state index in [2.05, 4.69) is 21.9 Å². The molecule has 0 atom stereocenters. The van der Waals surface area contributed by atoms with Crippen LogP contribution in [0.25, 0.3) is 0 Å². The number of hydrogen-bond donors (Lipinski definition) is 2. The fraction of sp³-hybridized carbons (Fsp3) is 0.143. The van der Waals surface area contributed by atoms with Gasteiger partial charge in [0.05, 0.1) is 12.9 Å². The Bertz CT molecular complexity index is 287. The van der Waals surface area contributed by atoms with E-state index >= 15 is 0 Å². The molecule has 1 aromatic heterocycles. The molecule has 0 saturated heterocycles. The Hall–Kier alpha value is -0.780. The Morgan fingerprint density at radius 3 is 2.86 bits per heavy atom. The van der Waals surface area contributed by atoms with Crippen LogP contribution >= 0.6 is 36.2 Å². The number of aliphatic imine (C=N–C) groups is 1. The molecular formula is C7H12Cl2N4S. The van der Waals surface area contributed by atoms with Gasteiger partial charge in [0.25, 0.3) is 0 Å². The summed E-state index contributed by atoms with van der Waals surface area (Å²) >= 11 is 1.44. The smallest absolute Gasteiger partial charge is 0.189 e. The van der Waals surface area contributed by atoms with Crippen LogP contribution in [0.3, 0.4) is 0 Å². The Kier molecular flexibility index (Phi) is 9.86. The third-order valence-corrected chi connectivity index (χ3v) is 1.83. The zero-order valence-corrected chi connectivity index (χ0v) is 9.79. The van der Waals surface area contributed by atoms with Gasteiger partial charge in [-0.05, 0) is 0 Å². The van der Waals surface area contributed by atoms with Crippen molar-refractivity contribution in [2.24, 2.45) is 4.99 Å². The fourth-order valence-electron chi connectivity index (χ4n) is 0.581. The summed E-state index contributed by atoms with van der Waals surface area (Å²) in [5.41, 5.74) is 5.41. The van der Waals surface area contributed by atoms with Crippen molar-refractivity contribution in [1.82, 2.24) is 4.98 Å². The number of aromatic nitrogens is 1. The second-order valence-corrected chi connectivity index (χ2v) is 2.86. The van der Waals surface area contributed by atoms with E-state index in [4.69, 9.17) is 5.73 Å². The molecule has 0 amide bonds. The van der Waals surface area contributed by atoms with Crippen molar-refractivity contribution in [1.29, 1.82) is 0 Å². The van der Waals surface area contributed by atoms with Gasteiger partial charge in [-0.3, -0.25) is 4.99 Å². The van der Waals surface area contributed by atoms with Crippen molar-refractivity contribution in [3.05, 3.63) is 18.0 Å². The maximum atomic E-state index is 5.41. The Morgan fingerprint density at radius 2 is 2.36 bits per heavy atom. The van der Waals surface area contributed by atoms with Gasteiger partial charge in [-0.1, -0.05) is 6.08 Å². The second kappa shape index (κ2) is 8.80. The van der Waals surface area contributed by atoms with Gasteiger partial charge in [0.2, 0.25) is 0 Å². The van der Waals surface area contributed by atoms with E-state index in [9.17, 15) is 0 Å². The fourth-order valence-corrected chi connectivity index (χ4v) is 1.14. The Balaban J connectivity index is 0. The molecule has 0 bridgehead atoms. The molecule has 0 aliphatic carbocycles. The number of halogens is 2. The molecule has 0 fully saturated rings. The normalized spacial score (nSPS) is 8.86. The summed E-state index contributed by atoms with van der Waals surface area (Å²) in [7, 11) is 0. The van der Waals surface area contributed by atoms with Gasteiger partial charge in [0.15, 0.2) is 5.13 Å². The largest absolute Gasteiger partial charge is 0.383 e. The number of hydrogen-bond acceptors (Lipinski definition) is 4. The third-order valence-electron chi connectivity index (χ3n) is 1.04. The molecule has 0 saturated carbocycles. The monoisotopic (exact) mass is 254 g/mol. The zero-order valence-electron chi connectivity index (χ0n) is 7.34. The Labute approximate surface area is 99.2 Å². The zero-order chi connectivity index (χ0) is 8.81. The molecular weight excluding hydrogens is 243 g/mol. The van der Waals surface area contributed by atoms with E-state index in [0.29, 0.717) is 12.4 Å². The topological polar surface area (TPSA) is 63.3 Å². The lowest BCUT2D eigenvalue weighted by Gasteiger charge is -1.90. The number of nitrogens with zero attached hydrogens (tertiary/aromatic N) is 2. The van der Waals surface area contributed by atoms with Crippen LogP contribution in [-0.2, 0) is 0 Å². The molecule has 0 spiro atoms. The van der Waals surface area contributed by atoms with Gasteiger partial charge in [-0.15, -0.1) is 42.7 Å². The summed E-state index contributed by atoms with van der Waals surface area (Å²) < 4.78 is 0. The number of nitrogens with two attached hydrogens (primary N) is 1. The van der Waals surface area contributed by atoms with E-state index in [-0.39, 0.29) is 24.8 Å². The van der Waals surface area contributed by atoms with Crippen LogP contribution in [-0.4, -0.2) is 17.9 Å². The lowest BCUT2D eigenvalue weighted by Crippen LogP contribution is -1.95. The van der Waals surface area contributed by atoms with E-state index < -0.39 is 0 Å². The van der Waals surface area contributed by atoms with Crippen LogP contribution in [0.4, 0.5) is 10.9 Å². The summed E-state index contributed by atoms with van der Waals surface area (Å²) in [4.78, 5) is 7.94. The maximum Gasteiger partial charge on any atom is 0.189 e. The summed E-state index contributed by atoms with van der Waals surface area (Å²) in [6.45, 7) is 4.14. The van der Waals surface area contributed by atoms with Crippen LogP contribution in [0.15, 0.2) is 23.0 Å². The minimum Gasteiger partial charge on any atom is -0.383 e. The summed E-state index contributed by atoms with van der Waals surface area (Å²) in [6.07, 6.45) is 3.30. The molecule has 1 rings (SSSR count). The van der Waals surface area contributed by atoms with E-state index in [0.717, 1.165) is 5.13 Å². The molecule has 80 valence electrons. The SMILES string of the molecule is C=CCN=CNc1nc(N)cs1.Cl.Cl. The average Bonchev–Trinajstić information content (AvgIpc) is 2.45. The van der Waals surface area contributed by atoms with E-state index in [1.807, 2.05) is 0 Å². The third kappa shape index (κ3) is 5.80. The molecule has 0 unspecified atom stereocenters. The predicted molar refractivity (Wildman–Crippen MR) is 68.2 cm³/mol. The van der Waals surface area contributed by atoms with Crippen LogP contribution in [0, 0.1) is 0 Å². The first kappa shape index (κ1) is 15.7. The van der Waals surface area contributed by atoms with E-state index in [1.165, 1.54) is 11.3 Å². The van der Waals surface area contributed by atoms with Crippen molar-refractivity contribution in [2.45, 2.75) is 0 Å². The molecule has 0 radical (unpaired) electrons. The number of anilines is 2. The van der Waals surface area contributed by atoms with E-state index in [1.54, 1.807) is 17.8 Å².